The van der Waals surface area contributed by atoms with E-state index in [1.54, 1.807) is 7.11 Å². The zero-order valence-corrected chi connectivity index (χ0v) is 21.6. The van der Waals surface area contributed by atoms with Crippen molar-refractivity contribution in [3.05, 3.63) is 70.6 Å². The van der Waals surface area contributed by atoms with Crippen molar-refractivity contribution in [3.63, 3.8) is 0 Å². The van der Waals surface area contributed by atoms with E-state index < -0.39 is 0 Å². The van der Waals surface area contributed by atoms with Gasteiger partial charge in [-0.3, -0.25) is 4.90 Å². The first-order valence-electron chi connectivity index (χ1n) is 12.0. The Kier molecular flexibility index (Phi) is 7.02. The molecule has 3 fully saturated rings. The van der Waals surface area contributed by atoms with E-state index in [9.17, 15) is 4.79 Å². The second-order valence-corrected chi connectivity index (χ2v) is 10.2. The maximum atomic E-state index is 12.4. The van der Waals surface area contributed by atoms with Crippen LogP contribution >= 0.6 is 15.9 Å². The van der Waals surface area contributed by atoms with Gasteiger partial charge in [-0.2, -0.15) is 0 Å². The molecular weight excluding hydrogens is 506 g/mol. The van der Waals surface area contributed by atoms with Crippen LogP contribution in [0.2, 0.25) is 0 Å². The third kappa shape index (κ3) is 5.33. The Labute approximate surface area is 214 Å². The van der Waals surface area contributed by atoms with Crippen LogP contribution in [0.5, 0.6) is 5.75 Å². The zero-order chi connectivity index (χ0) is 24.4. The summed E-state index contributed by atoms with van der Waals surface area (Å²) in [6, 6.07) is 17.8. The second-order valence-electron chi connectivity index (χ2n) is 9.31. The van der Waals surface area contributed by atoms with Crippen LogP contribution in [0.15, 0.2) is 59.1 Å². The number of fused-ring (bicyclic) bond motifs is 3. The first-order chi connectivity index (χ1) is 17.0. The van der Waals surface area contributed by atoms with Crippen LogP contribution in [0.25, 0.3) is 11.3 Å². The summed E-state index contributed by atoms with van der Waals surface area (Å²) in [5.41, 5.74) is 3.92. The Balaban J connectivity index is 1.22. The van der Waals surface area contributed by atoms with Gasteiger partial charge in [0.05, 0.1) is 12.8 Å². The minimum absolute atomic E-state index is 0.182. The molecule has 2 bridgehead atoms. The number of benzene rings is 2. The van der Waals surface area contributed by atoms with Crippen LogP contribution in [0.4, 0.5) is 10.5 Å². The maximum absolute atomic E-state index is 12.4. The topological polar surface area (TPSA) is 79.4 Å². The van der Waals surface area contributed by atoms with Crippen molar-refractivity contribution in [1.29, 1.82) is 0 Å². The van der Waals surface area contributed by atoms with Gasteiger partial charge in [-0.05, 0) is 68.6 Å². The molecule has 7 nitrogen and oxygen atoms in total. The summed E-state index contributed by atoms with van der Waals surface area (Å²) in [7, 11) is 1.63. The number of methoxy groups -OCH3 is 1. The van der Waals surface area contributed by atoms with E-state index in [0.29, 0.717) is 24.4 Å². The summed E-state index contributed by atoms with van der Waals surface area (Å²) >= 11 is 3.66. The van der Waals surface area contributed by atoms with E-state index >= 15 is 0 Å². The fourth-order valence-electron chi connectivity index (χ4n) is 5.33. The minimum atomic E-state index is -0.182. The van der Waals surface area contributed by atoms with Gasteiger partial charge in [0.25, 0.3) is 0 Å². The van der Waals surface area contributed by atoms with Crippen molar-refractivity contribution in [2.75, 3.05) is 32.1 Å². The molecule has 3 aromatic rings. The molecule has 6 rings (SSSR count). The molecule has 0 spiro atoms. The zero-order valence-electron chi connectivity index (χ0n) is 20.0. The standard InChI is InChI=1S/C27H30BrN5O2/c1-17-30-25(22-5-3-4-6-24(22)28)14-26(31-17)23-16-33-12-11-18(23)13-20(33)15-29-27(34)32-19-7-9-21(35-2)10-8-19/h3-10,14,18,20,23H,11-13,15-16H2,1-2H3,(H2,29,32,34). The Morgan fingerprint density at radius 2 is 1.97 bits per heavy atom. The largest absolute Gasteiger partial charge is 0.497 e. The van der Waals surface area contributed by atoms with Gasteiger partial charge in [0.15, 0.2) is 0 Å². The second kappa shape index (κ2) is 10.3. The number of hydrogen-bond donors (Lipinski definition) is 2. The summed E-state index contributed by atoms with van der Waals surface area (Å²) < 4.78 is 6.21. The summed E-state index contributed by atoms with van der Waals surface area (Å²) in [5.74, 6) is 2.51. The van der Waals surface area contributed by atoms with Crippen LogP contribution in [0.3, 0.4) is 0 Å². The first-order valence-corrected chi connectivity index (χ1v) is 12.8. The molecule has 3 aliphatic heterocycles. The number of piperidine rings is 3. The molecule has 3 saturated heterocycles. The molecule has 35 heavy (non-hydrogen) atoms. The number of nitrogens with zero attached hydrogens (tertiary/aromatic N) is 3. The van der Waals surface area contributed by atoms with Gasteiger partial charge in [-0.25, -0.2) is 14.8 Å². The molecule has 0 saturated carbocycles. The Morgan fingerprint density at radius 1 is 1.17 bits per heavy atom. The van der Waals surface area contributed by atoms with Crippen molar-refractivity contribution in [2.45, 2.75) is 31.7 Å². The van der Waals surface area contributed by atoms with Crippen molar-refractivity contribution in [2.24, 2.45) is 5.92 Å². The van der Waals surface area contributed by atoms with Crippen LogP contribution < -0.4 is 15.4 Å². The van der Waals surface area contributed by atoms with Crippen LogP contribution in [0.1, 0.15) is 30.3 Å². The van der Waals surface area contributed by atoms with Crippen molar-refractivity contribution in [1.82, 2.24) is 20.2 Å². The molecule has 1 aromatic heterocycles. The number of amides is 2. The molecule has 4 unspecified atom stereocenters. The number of carbonyl (C=O) groups is 1. The van der Waals surface area contributed by atoms with Crippen molar-refractivity contribution >= 4 is 27.6 Å². The molecule has 2 amide bonds. The number of aromatic nitrogens is 2. The molecule has 8 heteroatoms. The maximum Gasteiger partial charge on any atom is 0.319 e. The smallest absolute Gasteiger partial charge is 0.319 e. The highest BCUT2D eigenvalue weighted by Crippen LogP contribution is 2.42. The van der Waals surface area contributed by atoms with Crippen molar-refractivity contribution < 1.29 is 9.53 Å². The van der Waals surface area contributed by atoms with Crippen molar-refractivity contribution in [3.8, 4) is 17.0 Å². The number of nitrogens with one attached hydrogen (secondary N) is 2. The Bertz CT molecular complexity index is 1200. The molecule has 2 N–H and O–H groups in total. The average molecular weight is 536 g/mol. The number of urea groups is 1. The third-order valence-corrected chi connectivity index (χ3v) is 7.80. The van der Waals surface area contributed by atoms with Gasteiger partial charge in [0.1, 0.15) is 11.6 Å². The van der Waals surface area contributed by atoms with Gasteiger partial charge in [-0.1, -0.05) is 34.1 Å². The van der Waals surface area contributed by atoms with E-state index in [-0.39, 0.29) is 6.03 Å². The lowest BCUT2D eigenvalue weighted by molar-refractivity contribution is 0.0307. The number of carbonyl (C=O) groups excluding carboxylic acids is 1. The Morgan fingerprint density at radius 3 is 2.69 bits per heavy atom. The predicted octanol–water partition coefficient (Wildman–Crippen LogP) is 5.22. The lowest BCUT2D eigenvalue weighted by Crippen LogP contribution is -2.56. The monoisotopic (exact) mass is 535 g/mol. The van der Waals surface area contributed by atoms with E-state index in [1.165, 1.54) is 0 Å². The molecule has 4 heterocycles. The van der Waals surface area contributed by atoms with Gasteiger partial charge in [-0.15, -0.1) is 0 Å². The summed E-state index contributed by atoms with van der Waals surface area (Å²) in [6.07, 6.45) is 2.22. The summed E-state index contributed by atoms with van der Waals surface area (Å²) in [5, 5.41) is 5.96. The number of ether oxygens (including phenoxy) is 1. The number of halogens is 1. The summed E-state index contributed by atoms with van der Waals surface area (Å²) in [6.45, 7) is 4.63. The highest BCUT2D eigenvalue weighted by atomic mass is 79.9. The van der Waals surface area contributed by atoms with E-state index in [4.69, 9.17) is 14.7 Å². The number of rotatable bonds is 6. The molecule has 3 aliphatic rings. The number of anilines is 1. The van der Waals surface area contributed by atoms with E-state index in [0.717, 1.165) is 64.6 Å². The quantitative estimate of drug-likeness (QED) is 0.452. The number of hydrogen-bond acceptors (Lipinski definition) is 5. The predicted molar refractivity (Wildman–Crippen MR) is 141 cm³/mol. The number of aryl methyl sites for hydroxylation is 1. The normalized spacial score (nSPS) is 23.1. The SMILES string of the molecule is COc1ccc(NC(=O)NCC2CC3CCN2CC3c2cc(-c3ccccc3Br)nc(C)n2)cc1. The highest BCUT2D eigenvalue weighted by molar-refractivity contribution is 9.10. The fourth-order valence-corrected chi connectivity index (χ4v) is 5.82. The molecule has 4 atom stereocenters. The molecule has 0 radical (unpaired) electrons. The van der Waals surface area contributed by atoms with Gasteiger partial charge >= 0.3 is 6.03 Å². The lowest BCUT2D eigenvalue weighted by atomic mass is 9.74. The van der Waals surface area contributed by atoms with E-state index in [1.807, 2.05) is 49.4 Å². The molecule has 2 aromatic carbocycles. The highest BCUT2D eigenvalue weighted by Gasteiger charge is 2.41. The van der Waals surface area contributed by atoms with Gasteiger partial charge in [0, 0.05) is 46.5 Å². The minimum Gasteiger partial charge on any atom is -0.497 e. The average Bonchev–Trinajstić information content (AvgIpc) is 2.88. The molecule has 0 aliphatic carbocycles. The van der Waals surface area contributed by atoms with E-state index in [2.05, 4.69) is 43.6 Å². The summed E-state index contributed by atoms with van der Waals surface area (Å²) in [4.78, 5) is 24.5. The molecule has 182 valence electrons. The van der Waals surface area contributed by atoms with Crippen LogP contribution in [-0.2, 0) is 0 Å². The van der Waals surface area contributed by atoms with Crippen LogP contribution in [0, 0.1) is 12.8 Å². The third-order valence-electron chi connectivity index (χ3n) is 7.11. The Hall–Kier alpha value is -2.97. The fraction of sp³-hybridized carbons (Fsp3) is 0.370. The van der Waals surface area contributed by atoms with Crippen LogP contribution in [-0.4, -0.2) is 53.7 Å². The first kappa shape index (κ1) is 23.8. The van der Waals surface area contributed by atoms with Gasteiger partial charge < -0.3 is 15.4 Å². The lowest BCUT2D eigenvalue weighted by Gasteiger charge is -2.49. The molecular formula is C27H30BrN5O2. The van der Waals surface area contributed by atoms with Gasteiger partial charge in [0.2, 0.25) is 0 Å².